The van der Waals surface area contributed by atoms with Crippen LogP contribution < -0.4 is 9.80 Å². The topological polar surface area (TPSA) is 11.4 Å². The van der Waals surface area contributed by atoms with Crippen molar-refractivity contribution in [3.05, 3.63) is 326 Å². The Bertz CT molecular complexity index is 5290. The third kappa shape index (κ3) is 7.31. The van der Waals surface area contributed by atoms with E-state index in [9.17, 15) is 0 Å². The lowest BCUT2D eigenvalue weighted by atomic mass is 9.70. The van der Waals surface area contributed by atoms with Gasteiger partial charge in [-0.15, -0.1) is 22.7 Å². The first-order valence-electron chi connectivity index (χ1n) is 29.1. The van der Waals surface area contributed by atoms with Crippen molar-refractivity contribution in [2.75, 3.05) is 9.80 Å². The monoisotopic (exact) mass is 1120 g/mol. The molecule has 12 aromatic carbocycles. The highest BCUT2D eigenvalue weighted by atomic mass is 32.1. The van der Waals surface area contributed by atoms with Crippen LogP contribution in [0.1, 0.15) is 29.2 Å². The van der Waals surface area contributed by atoms with Crippen molar-refractivity contribution >= 4 is 125 Å². The number of anilines is 6. The van der Waals surface area contributed by atoms with Crippen molar-refractivity contribution in [1.29, 1.82) is 0 Å². The van der Waals surface area contributed by atoms with Crippen molar-refractivity contribution < 1.29 is 0 Å². The maximum absolute atomic E-state index is 4.09. The molecule has 0 N–H and O–H groups in total. The molecule has 0 amide bonds. The number of hydrogen-bond donors (Lipinski definition) is 0. The van der Waals surface area contributed by atoms with Gasteiger partial charge in [-0.25, -0.2) is 0 Å². The number of aromatic nitrogens is 1. The number of thiophene rings is 2. The standard InChI is InChI=1S/C80H53N3S2/c1-3-4-31-59-51(2)80(68-37-19-14-32-60(59)68)69-38-20-15-35-64(69)76-70(80)39-24-41-72(76)82(54-27-10-6-11-28-54)58-47-52(46-57(48-58)81(53-25-8-5-9-26-53)56-44-45-63-62-34-17-22-42-73(62)84-75(63)49-56)66-50-67-61-33-16-21-40-71(61)83(55-29-12-7-13-30-55)78(67)77-65-36-18-23-43-74(65)85-79(66)77/h3-50H,1H2,2H3/b31-4-. The quantitative estimate of drug-likeness (QED) is 0.126. The zero-order valence-corrected chi connectivity index (χ0v) is 48.2. The van der Waals surface area contributed by atoms with E-state index in [0.29, 0.717) is 0 Å². The minimum absolute atomic E-state index is 0.523. The third-order valence-corrected chi connectivity index (χ3v) is 20.3. The van der Waals surface area contributed by atoms with Crippen LogP contribution in [0, 0.1) is 0 Å². The lowest BCUT2D eigenvalue weighted by Crippen LogP contribution is -2.26. The molecule has 1 spiro atoms. The minimum atomic E-state index is -0.523. The molecule has 0 saturated carbocycles. The van der Waals surface area contributed by atoms with Crippen molar-refractivity contribution in [2.24, 2.45) is 0 Å². The van der Waals surface area contributed by atoms with E-state index >= 15 is 0 Å². The zero-order valence-electron chi connectivity index (χ0n) is 46.6. The number of benzene rings is 12. The second-order valence-corrected chi connectivity index (χ2v) is 24.5. The van der Waals surface area contributed by atoms with Gasteiger partial charge in [-0.05, 0) is 149 Å². The largest absolute Gasteiger partial charge is 0.310 e. The first kappa shape index (κ1) is 49.3. The number of hydrogen-bond acceptors (Lipinski definition) is 4. The molecule has 17 rings (SSSR count). The van der Waals surface area contributed by atoms with E-state index in [1.807, 2.05) is 28.7 Å². The summed E-state index contributed by atoms with van der Waals surface area (Å²) in [6, 6.07) is 102. The number of para-hydroxylation sites is 4. The Hall–Kier alpha value is -10.3. The molecule has 5 heteroatoms. The molecule has 1 unspecified atom stereocenters. The van der Waals surface area contributed by atoms with E-state index in [0.717, 1.165) is 45.4 Å². The fourth-order valence-corrected chi connectivity index (χ4v) is 16.9. The van der Waals surface area contributed by atoms with Crippen LogP contribution in [0.2, 0.25) is 0 Å². The molecule has 3 heterocycles. The van der Waals surface area contributed by atoms with Crippen molar-refractivity contribution in [2.45, 2.75) is 12.3 Å². The van der Waals surface area contributed by atoms with Crippen LogP contribution in [-0.4, -0.2) is 4.57 Å². The molecule has 0 radical (unpaired) electrons. The number of fused-ring (bicyclic) bond motifs is 17. The second kappa shape index (κ2) is 19.4. The van der Waals surface area contributed by atoms with E-state index in [4.69, 9.17) is 0 Å². The molecule has 1 atom stereocenters. The van der Waals surface area contributed by atoms with Crippen LogP contribution in [0.25, 0.3) is 95.7 Å². The zero-order chi connectivity index (χ0) is 56.3. The maximum atomic E-state index is 4.09. The Labute approximate surface area is 501 Å². The van der Waals surface area contributed by atoms with Gasteiger partial charge in [-0.1, -0.05) is 201 Å². The average molecular weight is 1120 g/mol. The van der Waals surface area contributed by atoms with E-state index in [1.165, 1.54) is 112 Å². The van der Waals surface area contributed by atoms with E-state index in [1.54, 1.807) is 0 Å². The van der Waals surface area contributed by atoms with Gasteiger partial charge in [-0.3, -0.25) is 0 Å². The van der Waals surface area contributed by atoms with Gasteiger partial charge in [0.1, 0.15) is 0 Å². The van der Waals surface area contributed by atoms with Gasteiger partial charge in [-0.2, -0.15) is 0 Å². The molecule has 0 saturated heterocycles. The van der Waals surface area contributed by atoms with Gasteiger partial charge in [0.15, 0.2) is 0 Å². The van der Waals surface area contributed by atoms with Crippen molar-refractivity contribution in [3.63, 3.8) is 0 Å². The molecule has 85 heavy (non-hydrogen) atoms. The predicted molar refractivity (Wildman–Crippen MR) is 365 cm³/mol. The summed E-state index contributed by atoms with van der Waals surface area (Å²) in [6.45, 7) is 6.44. The van der Waals surface area contributed by atoms with Crippen LogP contribution in [0.5, 0.6) is 0 Å². The maximum Gasteiger partial charge on any atom is 0.0686 e. The summed E-state index contributed by atoms with van der Waals surface area (Å²) in [5, 5.41) is 7.52. The summed E-state index contributed by atoms with van der Waals surface area (Å²) in [6.07, 6.45) is 6.22. The first-order valence-corrected chi connectivity index (χ1v) is 30.7. The molecule has 0 fully saturated rings. The Morgan fingerprint density at radius 3 is 1.76 bits per heavy atom. The van der Waals surface area contributed by atoms with Crippen molar-refractivity contribution in [3.8, 4) is 27.9 Å². The van der Waals surface area contributed by atoms with Gasteiger partial charge < -0.3 is 14.4 Å². The number of nitrogens with zero attached hydrogens (tertiary/aromatic N) is 3. The van der Waals surface area contributed by atoms with Gasteiger partial charge in [0.25, 0.3) is 0 Å². The Morgan fingerprint density at radius 1 is 0.424 bits per heavy atom. The van der Waals surface area contributed by atoms with E-state index in [2.05, 4.69) is 313 Å². The Morgan fingerprint density at radius 2 is 1.01 bits per heavy atom. The molecule has 0 bridgehead atoms. The van der Waals surface area contributed by atoms with Crippen LogP contribution in [0.15, 0.2) is 303 Å². The number of rotatable bonds is 10. The molecule has 3 aromatic heterocycles. The summed E-state index contributed by atoms with van der Waals surface area (Å²) in [4.78, 5) is 5.02. The molecule has 0 aliphatic heterocycles. The fraction of sp³-hybridized carbons (Fsp3) is 0.0250. The Kier molecular flexibility index (Phi) is 11.3. The van der Waals surface area contributed by atoms with Crippen LogP contribution in [0.4, 0.5) is 34.1 Å². The Balaban J connectivity index is 0.992. The number of allylic oxidation sites excluding steroid dienone is 5. The van der Waals surface area contributed by atoms with Crippen molar-refractivity contribution in [1.82, 2.24) is 4.57 Å². The fourth-order valence-electron chi connectivity index (χ4n) is 14.5. The molecule has 2 aliphatic carbocycles. The molecular formula is C80H53N3S2. The highest BCUT2D eigenvalue weighted by Gasteiger charge is 2.52. The third-order valence-electron chi connectivity index (χ3n) is 17.9. The SMILES string of the molecule is C=C/C=C\C1=C(C)C2(c3ccccc31)c1ccccc1-c1c(N(c3ccccc3)c3cc(-c4cc5c6ccccc6n(-c6ccccc6)c5c5c4sc4ccccc45)cc(N(c4ccccc4)c4ccc5c(c4)sc4ccccc45)c3)cccc12. The molecule has 15 aromatic rings. The molecule has 3 nitrogen and oxygen atoms in total. The van der Waals surface area contributed by atoms with Gasteiger partial charge >= 0.3 is 0 Å². The summed E-state index contributed by atoms with van der Waals surface area (Å²) < 4.78 is 7.54. The summed E-state index contributed by atoms with van der Waals surface area (Å²) in [5.41, 5.74) is 22.0. The van der Waals surface area contributed by atoms with Crippen LogP contribution >= 0.6 is 22.7 Å². The highest BCUT2D eigenvalue weighted by Crippen LogP contribution is 2.64. The highest BCUT2D eigenvalue weighted by molar-refractivity contribution is 7.26. The first-order chi connectivity index (χ1) is 42.1. The normalized spacial score (nSPS) is 14.4. The summed E-state index contributed by atoms with van der Waals surface area (Å²) in [5.74, 6) is 0. The lowest BCUT2D eigenvalue weighted by Gasteiger charge is -2.33. The summed E-state index contributed by atoms with van der Waals surface area (Å²) >= 11 is 3.75. The van der Waals surface area contributed by atoms with Crippen LogP contribution in [-0.2, 0) is 5.41 Å². The molecule has 400 valence electrons. The summed E-state index contributed by atoms with van der Waals surface area (Å²) in [7, 11) is 0. The van der Waals surface area contributed by atoms with Gasteiger partial charge in [0.2, 0.25) is 0 Å². The molecular weight excluding hydrogens is 1070 g/mol. The minimum Gasteiger partial charge on any atom is -0.310 e. The van der Waals surface area contributed by atoms with Gasteiger partial charge in [0, 0.05) is 96.4 Å². The van der Waals surface area contributed by atoms with Crippen LogP contribution in [0.3, 0.4) is 0 Å². The van der Waals surface area contributed by atoms with E-state index in [-0.39, 0.29) is 0 Å². The van der Waals surface area contributed by atoms with Gasteiger partial charge in [0.05, 0.1) is 22.1 Å². The second-order valence-electron chi connectivity index (χ2n) is 22.3. The predicted octanol–water partition coefficient (Wildman–Crippen LogP) is 23.0. The van der Waals surface area contributed by atoms with E-state index < -0.39 is 5.41 Å². The lowest BCUT2D eigenvalue weighted by molar-refractivity contribution is 0.766. The average Bonchev–Trinajstić information content (AvgIpc) is 1.77. The molecule has 2 aliphatic rings. The smallest absolute Gasteiger partial charge is 0.0686 e.